The number of alkyl halides is 2. The minimum Gasteiger partial charge on any atom is -0.481 e. The minimum absolute atomic E-state index is 0.0753. The Kier molecular flexibility index (Phi) is 5.19. The molecule has 0 spiro atoms. The van der Waals surface area contributed by atoms with Crippen molar-refractivity contribution >= 4 is 5.97 Å². The summed E-state index contributed by atoms with van der Waals surface area (Å²) in [6.45, 7) is -2.03. The smallest absolute Gasteiger partial charge is 0.303 e. The molecular weight excluding hydrogens is 234 g/mol. The van der Waals surface area contributed by atoms with Gasteiger partial charge in [0.25, 0.3) is 0 Å². The van der Waals surface area contributed by atoms with E-state index in [0.717, 1.165) is 0 Å². The molecule has 0 aliphatic rings. The van der Waals surface area contributed by atoms with E-state index in [4.69, 9.17) is 5.11 Å². The molecule has 1 aromatic carbocycles. The third-order valence-electron chi connectivity index (χ3n) is 2.01. The van der Waals surface area contributed by atoms with Crippen LogP contribution in [-0.2, 0) is 11.2 Å². The molecule has 0 radical (unpaired) electrons. The van der Waals surface area contributed by atoms with E-state index in [0.29, 0.717) is 5.56 Å². The molecule has 17 heavy (non-hydrogen) atoms. The average molecular weight is 246 g/mol. The van der Waals surface area contributed by atoms with Gasteiger partial charge in [0.15, 0.2) is 0 Å². The van der Waals surface area contributed by atoms with Crippen molar-refractivity contribution in [1.82, 2.24) is 0 Å². The van der Waals surface area contributed by atoms with Crippen LogP contribution >= 0.6 is 0 Å². The minimum atomic E-state index is -1.02. The molecule has 1 rings (SSSR count). The lowest BCUT2D eigenvalue weighted by atomic mass is 10.1. The van der Waals surface area contributed by atoms with Crippen molar-refractivity contribution in [3.05, 3.63) is 23.8 Å². The second-order valence-electron chi connectivity index (χ2n) is 3.21. The van der Waals surface area contributed by atoms with Crippen LogP contribution in [0, 0.1) is 0 Å². The number of benzene rings is 1. The van der Waals surface area contributed by atoms with Crippen LogP contribution in [-0.4, -0.2) is 24.8 Å². The summed E-state index contributed by atoms with van der Waals surface area (Å²) in [7, 11) is 0. The van der Waals surface area contributed by atoms with E-state index in [1.165, 1.54) is 18.2 Å². The van der Waals surface area contributed by atoms with Crippen LogP contribution in [0.2, 0.25) is 0 Å². The maximum Gasteiger partial charge on any atom is 0.303 e. The first kappa shape index (κ1) is 13.2. The molecule has 4 nitrogen and oxygen atoms in total. The molecule has 94 valence electrons. The third-order valence-corrected chi connectivity index (χ3v) is 2.01. The third kappa shape index (κ3) is 4.67. The highest BCUT2D eigenvalue weighted by Gasteiger charge is 2.05. The van der Waals surface area contributed by atoms with Gasteiger partial charge in [-0.15, -0.1) is 0 Å². The van der Waals surface area contributed by atoms with E-state index in [1.54, 1.807) is 0 Å². The monoisotopic (exact) mass is 246 g/mol. The number of carboxylic acid groups (broad SMARTS) is 1. The van der Waals surface area contributed by atoms with Crippen LogP contribution in [0.1, 0.15) is 12.0 Å². The Morgan fingerprint density at radius 2 is 1.65 bits per heavy atom. The largest absolute Gasteiger partial charge is 0.481 e. The fourth-order valence-corrected chi connectivity index (χ4v) is 1.32. The van der Waals surface area contributed by atoms with Gasteiger partial charge in [0, 0.05) is 12.5 Å². The van der Waals surface area contributed by atoms with Crippen LogP contribution in [0.25, 0.3) is 0 Å². The number of carbonyl (C=O) groups is 1. The van der Waals surface area contributed by atoms with E-state index in [-0.39, 0.29) is 24.3 Å². The van der Waals surface area contributed by atoms with Crippen LogP contribution in [0.4, 0.5) is 8.78 Å². The highest BCUT2D eigenvalue weighted by atomic mass is 19.1. The molecule has 0 atom stereocenters. The van der Waals surface area contributed by atoms with Crippen LogP contribution in [0.3, 0.4) is 0 Å². The van der Waals surface area contributed by atoms with Gasteiger partial charge in [0.1, 0.15) is 11.5 Å². The fraction of sp³-hybridized carbons (Fsp3) is 0.364. The van der Waals surface area contributed by atoms with Crippen molar-refractivity contribution < 1.29 is 28.2 Å². The zero-order valence-corrected chi connectivity index (χ0v) is 8.99. The number of halogens is 2. The first-order valence-electron chi connectivity index (χ1n) is 4.89. The Morgan fingerprint density at radius 1 is 1.12 bits per heavy atom. The first-order chi connectivity index (χ1) is 8.15. The molecule has 0 amide bonds. The Labute approximate surface area is 96.8 Å². The summed E-state index contributed by atoms with van der Waals surface area (Å²) in [5.41, 5.74) is 0.585. The summed E-state index contributed by atoms with van der Waals surface area (Å²) in [5.74, 6) is -0.590. The molecule has 0 fully saturated rings. The number of aliphatic carboxylic acids is 1. The Balaban J connectivity index is 2.82. The lowest BCUT2D eigenvalue weighted by molar-refractivity contribution is -0.136. The molecule has 1 N–H and O–H groups in total. The van der Waals surface area contributed by atoms with Crippen molar-refractivity contribution in [1.29, 1.82) is 0 Å². The van der Waals surface area contributed by atoms with Crippen molar-refractivity contribution in [3.63, 3.8) is 0 Å². The summed E-state index contributed by atoms with van der Waals surface area (Å²) in [4.78, 5) is 10.4. The number of carboxylic acids is 1. The molecule has 6 heteroatoms. The predicted octanol–water partition coefficient (Wildman–Crippen LogP) is 2.32. The van der Waals surface area contributed by atoms with Crippen molar-refractivity contribution in [2.75, 3.05) is 13.7 Å². The molecule has 0 aliphatic carbocycles. The van der Waals surface area contributed by atoms with E-state index in [2.05, 4.69) is 9.47 Å². The van der Waals surface area contributed by atoms with E-state index in [1.807, 2.05) is 0 Å². The highest BCUT2D eigenvalue weighted by Crippen LogP contribution is 2.24. The van der Waals surface area contributed by atoms with Crippen LogP contribution in [0.15, 0.2) is 18.2 Å². The molecule has 0 heterocycles. The molecule has 0 saturated heterocycles. The maximum absolute atomic E-state index is 12.0. The van der Waals surface area contributed by atoms with E-state index >= 15 is 0 Å². The standard InChI is InChI=1S/C11H12F2O4/c12-6-16-9-3-8(1-2-11(14)15)4-10(5-9)17-7-13/h3-5H,1-2,6-7H2,(H,14,15). The normalized spacial score (nSPS) is 10.0. The second-order valence-corrected chi connectivity index (χ2v) is 3.21. The van der Waals surface area contributed by atoms with Gasteiger partial charge in [-0.1, -0.05) is 0 Å². The maximum atomic E-state index is 12.0. The van der Waals surface area contributed by atoms with E-state index in [9.17, 15) is 13.6 Å². The number of aryl methyl sites for hydroxylation is 1. The van der Waals surface area contributed by atoms with Crippen LogP contribution < -0.4 is 9.47 Å². The Hall–Kier alpha value is -1.85. The number of ether oxygens (including phenoxy) is 2. The van der Waals surface area contributed by atoms with E-state index < -0.39 is 19.7 Å². The zero-order chi connectivity index (χ0) is 12.7. The van der Waals surface area contributed by atoms with Gasteiger partial charge in [0.05, 0.1) is 0 Å². The summed E-state index contributed by atoms with van der Waals surface area (Å²) in [6.07, 6.45) is 0.162. The molecule has 0 aromatic heterocycles. The molecule has 0 saturated carbocycles. The molecule has 0 unspecified atom stereocenters. The molecular formula is C11H12F2O4. The summed E-state index contributed by atoms with van der Waals surface area (Å²) in [6, 6.07) is 4.32. The van der Waals surface area contributed by atoms with Gasteiger partial charge in [-0.25, -0.2) is 8.78 Å². The topological polar surface area (TPSA) is 55.8 Å². The summed E-state index contributed by atoms with van der Waals surface area (Å²) >= 11 is 0. The number of hydrogen-bond donors (Lipinski definition) is 1. The lowest BCUT2D eigenvalue weighted by Crippen LogP contribution is -2.00. The zero-order valence-electron chi connectivity index (χ0n) is 8.99. The number of hydrogen-bond acceptors (Lipinski definition) is 3. The summed E-state index contributed by atoms with van der Waals surface area (Å²) < 4.78 is 33.3. The van der Waals surface area contributed by atoms with Gasteiger partial charge >= 0.3 is 5.97 Å². The molecule has 1 aromatic rings. The highest BCUT2D eigenvalue weighted by molar-refractivity contribution is 5.67. The fourth-order valence-electron chi connectivity index (χ4n) is 1.32. The molecule has 0 bridgehead atoms. The Morgan fingerprint density at radius 3 is 2.06 bits per heavy atom. The second kappa shape index (κ2) is 6.67. The van der Waals surface area contributed by atoms with Crippen LogP contribution in [0.5, 0.6) is 11.5 Å². The molecule has 0 aliphatic heterocycles. The van der Waals surface area contributed by atoms with Gasteiger partial charge in [0.2, 0.25) is 13.7 Å². The van der Waals surface area contributed by atoms with Gasteiger partial charge < -0.3 is 14.6 Å². The quantitative estimate of drug-likeness (QED) is 0.802. The summed E-state index contributed by atoms with van der Waals surface area (Å²) in [5, 5.41) is 8.54. The van der Waals surface area contributed by atoms with Gasteiger partial charge in [-0.2, -0.15) is 0 Å². The van der Waals surface area contributed by atoms with Crippen molar-refractivity contribution in [2.24, 2.45) is 0 Å². The SMILES string of the molecule is O=C(O)CCc1cc(OCF)cc(OCF)c1. The van der Waals surface area contributed by atoms with Crippen molar-refractivity contribution in [2.45, 2.75) is 12.8 Å². The lowest BCUT2D eigenvalue weighted by Gasteiger charge is -2.08. The number of rotatable bonds is 7. The van der Waals surface area contributed by atoms with Crippen molar-refractivity contribution in [3.8, 4) is 11.5 Å². The first-order valence-corrected chi connectivity index (χ1v) is 4.89. The predicted molar refractivity (Wildman–Crippen MR) is 55.6 cm³/mol. The average Bonchev–Trinajstić information content (AvgIpc) is 2.27. The van der Waals surface area contributed by atoms with Gasteiger partial charge in [-0.05, 0) is 24.1 Å². The Bertz CT molecular complexity index is 357. The van der Waals surface area contributed by atoms with Gasteiger partial charge in [-0.3, -0.25) is 4.79 Å².